The molecule has 2 aromatic carbocycles. The van der Waals surface area contributed by atoms with Gasteiger partial charge in [-0.3, -0.25) is 4.79 Å². The zero-order valence-corrected chi connectivity index (χ0v) is 14.6. The molecule has 0 atom stereocenters. The van der Waals surface area contributed by atoms with Crippen molar-refractivity contribution in [3.8, 4) is 0 Å². The molecule has 0 fully saturated rings. The number of hydrogen-bond acceptors (Lipinski definition) is 4. The summed E-state index contributed by atoms with van der Waals surface area (Å²) in [4.78, 5) is 12.4. The van der Waals surface area contributed by atoms with Crippen molar-refractivity contribution in [1.82, 2.24) is 4.72 Å². The lowest BCUT2D eigenvalue weighted by atomic mass is 10.2. The fourth-order valence-electron chi connectivity index (χ4n) is 1.91. The Kier molecular flexibility index (Phi) is 5.53. The quantitative estimate of drug-likeness (QED) is 0.718. The van der Waals surface area contributed by atoms with Crippen LogP contribution in [0.1, 0.15) is 15.9 Å². The van der Waals surface area contributed by atoms with Crippen LogP contribution in [0.4, 0.5) is 5.69 Å². The van der Waals surface area contributed by atoms with Gasteiger partial charge in [0.2, 0.25) is 10.0 Å². The molecule has 1 amide bonds. The lowest BCUT2D eigenvalue weighted by molar-refractivity contribution is 0.102. The number of anilines is 1. The molecule has 0 aliphatic rings. The Hall–Kier alpha value is -1.74. The number of nitrogens with one attached hydrogen (secondary N) is 2. The number of carbonyl (C=O) groups excluding carboxylic acids is 1. The number of benzene rings is 2. The summed E-state index contributed by atoms with van der Waals surface area (Å²) in [5.41, 5.74) is 1.36. The van der Waals surface area contributed by atoms with E-state index in [-0.39, 0.29) is 17.1 Å². The summed E-state index contributed by atoms with van der Waals surface area (Å²) in [6, 6.07) is 11.0. The van der Waals surface area contributed by atoms with E-state index >= 15 is 0 Å². The number of aliphatic hydroxyl groups is 1. The third-order valence-electron chi connectivity index (χ3n) is 3.13. The van der Waals surface area contributed by atoms with Crippen LogP contribution in [0.15, 0.2) is 51.8 Å². The van der Waals surface area contributed by atoms with Gasteiger partial charge in [-0.2, -0.15) is 0 Å². The van der Waals surface area contributed by atoms with Crippen LogP contribution in [0.25, 0.3) is 0 Å². The minimum atomic E-state index is -3.64. The van der Waals surface area contributed by atoms with Gasteiger partial charge < -0.3 is 10.4 Å². The van der Waals surface area contributed by atoms with E-state index in [1.54, 1.807) is 24.3 Å². The minimum Gasteiger partial charge on any atom is -0.392 e. The highest BCUT2D eigenvalue weighted by Crippen LogP contribution is 2.22. The highest BCUT2D eigenvalue weighted by molar-refractivity contribution is 9.10. The van der Waals surface area contributed by atoms with E-state index in [0.29, 0.717) is 15.7 Å². The van der Waals surface area contributed by atoms with Crippen LogP contribution in [0.3, 0.4) is 0 Å². The molecule has 0 aliphatic heterocycles. The standard InChI is InChI=1S/C15H15BrN2O4S/c1-17-23(21,22)12-5-6-14(16)13(8-12)15(20)18-11-4-2-3-10(7-11)9-19/h2-8,17,19H,9H2,1H3,(H,18,20). The normalized spacial score (nSPS) is 11.3. The topological polar surface area (TPSA) is 95.5 Å². The van der Waals surface area contributed by atoms with Gasteiger partial charge >= 0.3 is 0 Å². The Balaban J connectivity index is 2.33. The second kappa shape index (κ2) is 7.22. The number of amides is 1. The molecule has 0 saturated carbocycles. The van der Waals surface area contributed by atoms with Crippen LogP contribution in [-0.2, 0) is 16.6 Å². The van der Waals surface area contributed by atoms with E-state index in [0.717, 1.165) is 0 Å². The highest BCUT2D eigenvalue weighted by Gasteiger charge is 2.17. The number of aliphatic hydroxyl groups excluding tert-OH is 1. The lowest BCUT2D eigenvalue weighted by Gasteiger charge is -2.10. The van der Waals surface area contributed by atoms with Crippen molar-refractivity contribution in [3.63, 3.8) is 0 Å². The maximum Gasteiger partial charge on any atom is 0.256 e. The maximum absolute atomic E-state index is 12.4. The Bertz CT molecular complexity index is 837. The molecular weight excluding hydrogens is 384 g/mol. The second-order valence-corrected chi connectivity index (χ2v) is 7.40. The molecule has 0 bridgehead atoms. The van der Waals surface area contributed by atoms with Gasteiger partial charge in [-0.25, -0.2) is 13.1 Å². The smallest absolute Gasteiger partial charge is 0.256 e. The third kappa shape index (κ3) is 4.17. The predicted octanol–water partition coefficient (Wildman–Crippen LogP) is 2.10. The van der Waals surface area contributed by atoms with Crippen molar-refractivity contribution in [2.24, 2.45) is 0 Å². The first kappa shape index (κ1) is 17.6. The van der Waals surface area contributed by atoms with Gasteiger partial charge in [0.25, 0.3) is 5.91 Å². The molecule has 3 N–H and O–H groups in total. The first-order valence-electron chi connectivity index (χ1n) is 6.61. The van der Waals surface area contributed by atoms with Gasteiger partial charge in [0.05, 0.1) is 17.1 Å². The van der Waals surface area contributed by atoms with Crippen LogP contribution in [0.5, 0.6) is 0 Å². The molecule has 0 spiro atoms. The van der Waals surface area contributed by atoms with Crippen LogP contribution in [-0.4, -0.2) is 26.5 Å². The number of carbonyl (C=O) groups is 1. The lowest BCUT2D eigenvalue weighted by Crippen LogP contribution is -2.20. The van der Waals surface area contributed by atoms with Gasteiger partial charge in [-0.05, 0) is 58.9 Å². The second-order valence-electron chi connectivity index (χ2n) is 4.66. The SMILES string of the molecule is CNS(=O)(=O)c1ccc(Br)c(C(=O)Nc2cccc(CO)c2)c1. The van der Waals surface area contributed by atoms with Gasteiger partial charge in [-0.1, -0.05) is 12.1 Å². The molecule has 122 valence electrons. The Morgan fingerprint density at radius 3 is 2.61 bits per heavy atom. The molecule has 0 saturated heterocycles. The molecule has 8 heteroatoms. The Labute approximate surface area is 142 Å². The average molecular weight is 399 g/mol. The summed E-state index contributed by atoms with van der Waals surface area (Å²) in [5.74, 6) is -0.458. The first-order chi connectivity index (χ1) is 10.9. The van der Waals surface area contributed by atoms with E-state index in [2.05, 4.69) is 26.0 Å². The summed E-state index contributed by atoms with van der Waals surface area (Å²) in [5, 5.41) is 11.8. The van der Waals surface area contributed by atoms with E-state index in [9.17, 15) is 13.2 Å². The molecule has 6 nitrogen and oxygen atoms in total. The van der Waals surface area contributed by atoms with Crippen LogP contribution in [0, 0.1) is 0 Å². The molecule has 0 aromatic heterocycles. The monoisotopic (exact) mass is 398 g/mol. The highest BCUT2D eigenvalue weighted by atomic mass is 79.9. The summed E-state index contributed by atoms with van der Waals surface area (Å²) in [6.45, 7) is -0.136. The molecular formula is C15H15BrN2O4S. The molecule has 0 heterocycles. The van der Waals surface area contributed by atoms with Gasteiger partial charge in [0.15, 0.2) is 0 Å². The first-order valence-corrected chi connectivity index (χ1v) is 8.89. The molecule has 2 rings (SSSR count). The molecule has 0 unspecified atom stereocenters. The number of sulfonamides is 1. The van der Waals surface area contributed by atoms with Crippen molar-refractivity contribution in [2.45, 2.75) is 11.5 Å². The number of halogens is 1. The zero-order chi connectivity index (χ0) is 17.0. The summed E-state index contributed by atoms with van der Waals surface area (Å²) < 4.78 is 26.4. The number of rotatable bonds is 5. The summed E-state index contributed by atoms with van der Waals surface area (Å²) in [7, 11) is -2.34. The van der Waals surface area contributed by atoms with E-state index < -0.39 is 15.9 Å². The molecule has 0 aliphatic carbocycles. The zero-order valence-electron chi connectivity index (χ0n) is 12.2. The third-order valence-corrected chi connectivity index (χ3v) is 5.23. The summed E-state index contributed by atoms with van der Waals surface area (Å²) in [6.07, 6.45) is 0. The van der Waals surface area contributed by atoms with Crippen molar-refractivity contribution in [3.05, 3.63) is 58.1 Å². The molecule has 0 radical (unpaired) electrons. The summed E-state index contributed by atoms with van der Waals surface area (Å²) >= 11 is 3.25. The van der Waals surface area contributed by atoms with Crippen molar-refractivity contribution >= 4 is 37.5 Å². The number of hydrogen-bond donors (Lipinski definition) is 3. The fourth-order valence-corrected chi connectivity index (χ4v) is 3.09. The van der Waals surface area contributed by atoms with Gasteiger partial charge in [-0.15, -0.1) is 0 Å². The van der Waals surface area contributed by atoms with Crippen LogP contribution in [0.2, 0.25) is 0 Å². The van der Waals surface area contributed by atoms with Crippen molar-refractivity contribution in [1.29, 1.82) is 0 Å². The molecule has 23 heavy (non-hydrogen) atoms. The maximum atomic E-state index is 12.4. The Morgan fingerprint density at radius 1 is 1.22 bits per heavy atom. The minimum absolute atomic E-state index is 0.00235. The van der Waals surface area contributed by atoms with E-state index in [1.165, 1.54) is 25.2 Å². The molecule has 2 aromatic rings. The average Bonchev–Trinajstić information content (AvgIpc) is 2.55. The van der Waals surface area contributed by atoms with Crippen LogP contribution < -0.4 is 10.0 Å². The Morgan fingerprint density at radius 2 is 1.96 bits per heavy atom. The van der Waals surface area contributed by atoms with E-state index in [4.69, 9.17) is 5.11 Å². The van der Waals surface area contributed by atoms with Gasteiger partial charge in [0.1, 0.15) is 0 Å². The fraction of sp³-hybridized carbons (Fsp3) is 0.133. The largest absolute Gasteiger partial charge is 0.392 e. The van der Waals surface area contributed by atoms with E-state index in [1.807, 2.05) is 0 Å². The van der Waals surface area contributed by atoms with Gasteiger partial charge in [0, 0.05) is 10.2 Å². The van der Waals surface area contributed by atoms with Crippen molar-refractivity contribution in [2.75, 3.05) is 12.4 Å². The predicted molar refractivity (Wildman–Crippen MR) is 90.7 cm³/mol. The van der Waals surface area contributed by atoms with Crippen molar-refractivity contribution < 1.29 is 18.3 Å². The van der Waals surface area contributed by atoms with Crippen LogP contribution >= 0.6 is 15.9 Å².